The third kappa shape index (κ3) is 2.70. The van der Waals surface area contributed by atoms with Crippen LogP contribution in [0.5, 0.6) is 0 Å². The van der Waals surface area contributed by atoms with Crippen LogP contribution in [0.15, 0.2) is 29.2 Å². The molecular formula is C15H18O5S. The second-order valence-electron chi connectivity index (χ2n) is 5.92. The standard InChI is InChI=1S/C15H18O5S/c1-11-3-5-13(6-4-11)21(17,18)19-10-12-9-15(7-2-8-15)14(16)20-12/h3-6,12H,2,7-10H2,1H3/t12-/m0/s1. The molecule has 1 spiro atoms. The van der Waals surface area contributed by atoms with Crippen LogP contribution in [-0.2, 0) is 23.8 Å². The fourth-order valence-corrected chi connectivity index (χ4v) is 3.82. The molecule has 1 atom stereocenters. The van der Waals surface area contributed by atoms with E-state index < -0.39 is 16.2 Å². The van der Waals surface area contributed by atoms with Gasteiger partial charge in [-0.25, -0.2) is 0 Å². The summed E-state index contributed by atoms with van der Waals surface area (Å²) in [6, 6.07) is 6.46. The predicted molar refractivity (Wildman–Crippen MR) is 75.1 cm³/mol. The molecule has 21 heavy (non-hydrogen) atoms. The van der Waals surface area contributed by atoms with Crippen LogP contribution in [-0.4, -0.2) is 27.1 Å². The van der Waals surface area contributed by atoms with Crippen molar-refractivity contribution in [2.45, 2.75) is 43.6 Å². The Balaban J connectivity index is 1.62. The van der Waals surface area contributed by atoms with Gasteiger partial charge in [0.15, 0.2) is 0 Å². The number of hydrogen-bond donors (Lipinski definition) is 0. The molecule has 0 radical (unpaired) electrons. The fraction of sp³-hybridized carbons (Fsp3) is 0.533. The number of esters is 1. The molecule has 0 N–H and O–H groups in total. The highest BCUT2D eigenvalue weighted by Crippen LogP contribution is 2.50. The fourth-order valence-electron chi connectivity index (χ4n) is 2.88. The highest BCUT2D eigenvalue weighted by atomic mass is 32.2. The molecule has 1 heterocycles. The van der Waals surface area contributed by atoms with Gasteiger partial charge < -0.3 is 4.74 Å². The van der Waals surface area contributed by atoms with E-state index in [0.717, 1.165) is 24.8 Å². The zero-order valence-corrected chi connectivity index (χ0v) is 12.7. The average molecular weight is 310 g/mol. The van der Waals surface area contributed by atoms with Crippen molar-refractivity contribution in [1.29, 1.82) is 0 Å². The Morgan fingerprint density at radius 2 is 1.95 bits per heavy atom. The Bertz CT molecular complexity index is 643. The summed E-state index contributed by atoms with van der Waals surface area (Å²) in [7, 11) is -3.80. The molecule has 1 aromatic carbocycles. The summed E-state index contributed by atoms with van der Waals surface area (Å²) in [6.45, 7) is 1.77. The normalized spacial score (nSPS) is 23.9. The van der Waals surface area contributed by atoms with Gasteiger partial charge in [-0.3, -0.25) is 8.98 Å². The second kappa shape index (κ2) is 5.10. The number of cyclic esters (lactones) is 1. The number of carbonyl (C=O) groups excluding carboxylic acids is 1. The first kappa shape index (κ1) is 14.5. The molecule has 1 saturated heterocycles. The van der Waals surface area contributed by atoms with Gasteiger partial charge in [0, 0.05) is 6.42 Å². The Hall–Kier alpha value is -1.40. The number of ether oxygens (including phenoxy) is 1. The van der Waals surface area contributed by atoms with Gasteiger partial charge in [-0.1, -0.05) is 24.1 Å². The maximum Gasteiger partial charge on any atom is 0.312 e. The summed E-state index contributed by atoms with van der Waals surface area (Å²) in [4.78, 5) is 11.9. The maximum atomic E-state index is 12.1. The first-order valence-electron chi connectivity index (χ1n) is 7.09. The Kier molecular flexibility index (Phi) is 3.53. The third-order valence-corrected chi connectivity index (χ3v) is 5.65. The number of carbonyl (C=O) groups is 1. The number of rotatable bonds is 4. The van der Waals surface area contributed by atoms with E-state index in [1.54, 1.807) is 12.1 Å². The highest BCUT2D eigenvalue weighted by molar-refractivity contribution is 7.86. The quantitative estimate of drug-likeness (QED) is 0.630. The van der Waals surface area contributed by atoms with Gasteiger partial charge in [0.25, 0.3) is 10.1 Å². The lowest BCUT2D eigenvalue weighted by molar-refractivity contribution is -0.152. The second-order valence-corrected chi connectivity index (χ2v) is 7.53. The molecular weight excluding hydrogens is 292 g/mol. The van der Waals surface area contributed by atoms with E-state index in [1.165, 1.54) is 12.1 Å². The van der Waals surface area contributed by atoms with E-state index in [4.69, 9.17) is 8.92 Å². The van der Waals surface area contributed by atoms with E-state index in [1.807, 2.05) is 6.92 Å². The van der Waals surface area contributed by atoms with Gasteiger partial charge in [-0.2, -0.15) is 8.42 Å². The number of benzene rings is 1. The van der Waals surface area contributed by atoms with E-state index in [0.29, 0.717) is 6.42 Å². The molecule has 0 aromatic heterocycles. The van der Waals surface area contributed by atoms with Crippen molar-refractivity contribution in [3.05, 3.63) is 29.8 Å². The molecule has 0 unspecified atom stereocenters. The summed E-state index contributed by atoms with van der Waals surface area (Å²) >= 11 is 0. The molecule has 0 amide bonds. The molecule has 5 nitrogen and oxygen atoms in total. The van der Waals surface area contributed by atoms with Crippen molar-refractivity contribution in [3.8, 4) is 0 Å². The minimum atomic E-state index is -3.80. The van der Waals surface area contributed by atoms with Crippen molar-refractivity contribution < 1.29 is 22.1 Å². The van der Waals surface area contributed by atoms with Crippen LogP contribution in [0.1, 0.15) is 31.2 Å². The molecule has 1 aromatic rings. The molecule has 1 aliphatic carbocycles. The van der Waals surface area contributed by atoms with Crippen LogP contribution < -0.4 is 0 Å². The van der Waals surface area contributed by atoms with E-state index in [9.17, 15) is 13.2 Å². The Morgan fingerprint density at radius 1 is 1.29 bits per heavy atom. The smallest absolute Gasteiger partial charge is 0.312 e. The largest absolute Gasteiger partial charge is 0.459 e. The molecule has 2 aliphatic rings. The maximum absolute atomic E-state index is 12.1. The van der Waals surface area contributed by atoms with Gasteiger partial charge >= 0.3 is 5.97 Å². The van der Waals surface area contributed by atoms with Crippen molar-refractivity contribution in [3.63, 3.8) is 0 Å². The van der Waals surface area contributed by atoms with Gasteiger partial charge in [0.2, 0.25) is 0 Å². The molecule has 0 bridgehead atoms. The van der Waals surface area contributed by atoms with Crippen molar-refractivity contribution in [2.75, 3.05) is 6.61 Å². The SMILES string of the molecule is Cc1ccc(S(=O)(=O)OC[C@@H]2CC3(CCC3)C(=O)O2)cc1. The monoisotopic (exact) mass is 310 g/mol. The first-order valence-corrected chi connectivity index (χ1v) is 8.49. The van der Waals surface area contributed by atoms with Gasteiger partial charge in [0.1, 0.15) is 12.7 Å². The minimum Gasteiger partial charge on any atom is -0.459 e. The number of aryl methyl sites for hydroxylation is 1. The van der Waals surface area contributed by atoms with Crippen LogP contribution in [0.25, 0.3) is 0 Å². The molecule has 2 fully saturated rings. The van der Waals surface area contributed by atoms with Crippen LogP contribution in [0.3, 0.4) is 0 Å². The molecule has 3 rings (SSSR count). The topological polar surface area (TPSA) is 69.7 Å². The predicted octanol–water partition coefficient (Wildman–Crippen LogP) is 2.19. The van der Waals surface area contributed by atoms with Crippen molar-refractivity contribution in [2.24, 2.45) is 5.41 Å². The van der Waals surface area contributed by atoms with Crippen LogP contribution in [0.4, 0.5) is 0 Å². The average Bonchev–Trinajstić information content (AvgIpc) is 2.74. The minimum absolute atomic E-state index is 0.107. The lowest BCUT2D eigenvalue weighted by Crippen LogP contribution is -2.33. The number of hydrogen-bond acceptors (Lipinski definition) is 5. The highest BCUT2D eigenvalue weighted by Gasteiger charge is 2.53. The first-order chi connectivity index (χ1) is 9.91. The van der Waals surface area contributed by atoms with Gasteiger partial charge in [-0.15, -0.1) is 0 Å². The molecule has 6 heteroatoms. The summed E-state index contributed by atoms with van der Waals surface area (Å²) in [5.74, 6) is -0.199. The van der Waals surface area contributed by atoms with E-state index in [2.05, 4.69) is 0 Å². The lowest BCUT2D eigenvalue weighted by atomic mass is 9.67. The molecule has 114 valence electrons. The van der Waals surface area contributed by atoms with Crippen molar-refractivity contribution in [1.82, 2.24) is 0 Å². The van der Waals surface area contributed by atoms with E-state index >= 15 is 0 Å². The van der Waals surface area contributed by atoms with Crippen LogP contribution in [0.2, 0.25) is 0 Å². The summed E-state index contributed by atoms with van der Waals surface area (Å²) in [6.07, 6.45) is 2.82. The lowest BCUT2D eigenvalue weighted by Gasteiger charge is -2.33. The van der Waals surface area contributed by atoms with Gasteiger partial charge in [-0.05, 0) is 31.9 Å². The van der Waals surface area contributed by atoms with Crippen LogP contribution in [0, 0.1) is 12.3 Å². The van der Waals surface area contributed by atoms with E-state index in [-0.39, 0.29) is 22.9 Å². The summed E-state index contributed by atoms with van der Waals surface area (Å²) < 4.78 is 34.4. The Labute approximate surface area is 124 Å². The zero-order chi connectivity index (χ0) is 15.1. The summed E-state index contributed by atoms with van der Waals surface area (Å²) in [5.41, 5.74) is 0.618. The Morgan fingerprint density at radius 3 is 2.48 bits per heavy atom. The van der Waals surface area contributed by atoms with Crippen molar-refractivity contribution >= 4 is 16.1 Å². The third-order valence-electron chi connectivity index (χ3n) is 4.35. The van der Waals surface area contributed by atoms with Gasteiger partial charge in [0.05, 0.1) is 10.3 Å². The molecule has 1 saturated carbocycles. The summed E-state index contributed by atoms with van der Waals surface area (Å²) in [5, 5.41) is 0. The molecule has 1 aliphatic heterocycles. The zero-order valence-electron chi connectivity index (χ0n) is 11.9. The van der Waals surface area contributed by atoms with Crippen LogP contribution >= 0.6 is 0 Å².